The number of rotatable bonds is 10. The summed E-state index contributed by atoms with van der Waals surface area (Å²) < 4.78 is 5.74. The zero-order chi connectivity index (χ0) is 14.8. The van der Waals surface area contributed by atoms with Crippen LogP contribution in [0, 0.1) is 0 Å². The summed E-state index contributed by atoms with van der Waals surface area (Å²) in [5, 5.41) is 0.694. The van der Waals surface area contributed by atoms with Crippen LogP contribution in [-0.2, 0) is 6.42 Å². The number of hydrogen-bond donors (Lipinski definition) is 1. The van der Waals surface area contributed by atoms with Gasteiger partial charge in [0, 0.05) is 6.04 Å². The van der Waals surface area contributed by atoms with Gasteiger partial charge in [-0.3, -0.25) is 0 Å². The van der Waals surface area contributed by atoms with Crippen LogP contribution in [0.3, 0.4) is 0 Å². The molecule has 3 heteroatoms. The molecule has 0 bridgehead atoms. The van der Waals surface area contributed by atoms with Gasteiger partial charge >= 0.3 is 0 Å². The van der Waals surface area contributed by atoms with Gasteiger partial charge in [0.15, 0.2) is 0 Å². The van der Waals surface area contributed by atoms with E-state index in [1.165, 1.54) is 31.2 Å². The monoisotopic (exact) mass is 297 g/mol. The Morgan fingerprint density at radius 1 is 1.15 bits per heavy atom. The molecule has 0 saturated carbocycles. The third-order valence-electron chi connectivity index (χ3n) is 3.52. The fourth-order valence-corrected chi connectivity index (χ4v) is 2.38. The molecule has 0 aromatic heterocycles. The van der Waals surface area contributed by atoms with Gasteiger partial charge in [-0.2, -0.15) is 0 Å². The Kier molecular flexibility index (Phi) is 8.72. The van der Waals surface area contributed by atoms with Crippen molar-refractivity contribution in [1.82, 2.24) is 0 Å². The first kappa shape index (κ1) is 17.3. The highest BCUT2D eigenvalue weighted by molar-refractivity contribution is 6.32. The Morgan fingerprint density at radius 2 is 1.90 bits per heavy atom. The summed E-state index contributed by atoms with van der Waals surface area (Å²) in [6.45, 7) is 5.07. The van der Waals surface area contributed by atoms with Gasteiger partial charge in [-0.1, -0.05) is 57.2 Å². The van der Waals surface area contributed by atoms with Crippen molar-refractivity contribution in [2.45, 2.75) is 64.8 Å². The summed E-state index contributed by atoms with van der Waals surface area (Å²) in [6, 6.07) is 6.21. The minimum atomic E-state index is 0.205. The topological polar surface area (TPSA) is 35.2 Å². The number of benzene rings is 1. The summed E-state index contributed by atoms with van der Waals surface area (Å²) in [7, 11) is 0. The van der Waals surface area contributed by atoms with Gasteiger partial charge in [-0.05, 0) is 37.0 Å². The summed E-state index contributed by atoms with van der Waals surface area (Å²) in [5.74, 6) is 0.788. The van der Waals surface area contributed by atoms with Crippen molar-refractivity contribution in [3.63, 3.8) is 0 Å². The van der Waals surface area contributed by atoms with Crippen LogP contribution in [0.25, 0.3) is 0 Å². The van der Waals surface area contributed by atoms with Crippen LogP contribution < -0.4 is 10.5 Å². The molecule has 0 aliphatic heterocycles. The molecule has 20 heavy (non-hydrogen) atoms. The van der Waals surface area contributed by atoms with Crippen LogP contribution in [0.5, 0.6) is 5.75 Å². The van der Waals surface area contributed by atoms with E-state index in [1.807, 2.05) is 12.1 Å². The van der Waals surface area contributed by atoms with E-state index in [1.54, 1.807) is 0 Å². The molecule has 0 fully saturated rings. The van der Waals surface area contributed by atoms with Crippen LogP contribution in [0.2, 0.25) is 5.02 Å². The third kappa shape index (κ3) is 6.62. The van der Waals surface area contributed by atoms with Crippen molar-refractivity contribution in [3.8, 4) is 5.75 Å². The van der Waals surface area contributed by atoms with Crippen molar-refractivity contribution in [3.05, 3.63) is 28.8 Å². The van der Waals surface area contributed by atoms with Gasteiger partial charge in [-0.15, -0.1) is 0 Å². The van der Waals surface area contributed by atoms with E-state index in [0.29, 0.717) is 5.02 Å². The molecule has 1 aromatic rings. The SMILES string of the molecule is CCCCCCCOc1ccc(CC(N)CC)cc1Cl. The molecule has 1 unspecified atom stereocenters. The quantitative estimate of drug-likeness (QED) is 0.619. The zero-order valence-electron chi connectivity index (χ0n) is 12.8. The minimum Gasteiger partial charge on any atom is -0.492 e. The molecule has 0 spiro atoms. The predicted molar refractivity (Wildman–Crippen MR) is 87.7 cm³/mol. The smallest absolute Gasteiger partial charge is 0.137 e. The highest BCUT2D eigenvalue weighted by Crippen LogP contribution is 2.26. The van der Waals surface area contributed by atoms with Crippen LogP contribution in [0.15, 0.2) is 18.2 Å². The number of ether oxygens (including phenoxy) is 1. The highest BCUT2D eigenvalue weighted by atomic mass is 35.5. The van der Waals surface area contributed by atoms with Gasteiger partial charge in [0.25, 0.3) is 0 Å². The Bertz CT molecular complexity index is 381. The van der Waals surface area contributed by atoms with Crippen LogP contribution in [0.1, 0.15) is 57.9 Å². The molecular formula is C17H28ClNO. The molecule has 2 N–H and O–H groups in total. The Morgan fingerprint density at radius 3 is 2.55 bits per heavy atom. The van der Waals surface area contributed by atoms with Crippen molar-refractivity contribution in [1.29, 1.82) is 0 Å². The summed E-state index contributed by atoms with van der Waals surface area (Å²) in [4.78, 5) is 0. The lowest BCUT2D eigenvalue weighted by atomic mass is 10.0. The van der Waals surface area contributed by atoms with Gasteiger partial charge in [0.05, 0.1) is 11.6 Å². The maximum absolute atomic E-state index is 6.25. The lowest BCUT2D eigenvalue weighted by molar-refractivity contribution is 0.304. The standard InChI is InChI=1S/C17H28ClNO/c1-3-5-6-7-8-11-20-17-10-9-14(13-16(17)18)12-15(19)4-2/h9-10,13,15H,3-8,11-12,19H2,1-2H3. The molecule has 0 heterocycles. The van der Waals surface area contributed by atoms with Crippen LogP contribution >= 0.6 is 11.6 Å². The average Bonchev–Trinajstić information content (AvgIpc) is 2.44. The van der Waals surface area contributed by atoms with Gasteiger partial charge in [0.2, 0.25) is 0 Å². The molecule has 0 radical (unpaired) electrons. The van der Waals surface area contributed by atoms with E-state index in [2.05, 4.69) is 19.9 Å². The first-order chi connectivity index (χ1) is 9.67. The molecule has 0 aliphatic carbocycles. The fourth-order valence-electron chi connectivity index (χ4n) is 2.12. The van der Waals surface area contributed by atoms with E-state index < -0.39 is 0 Å². The minimum absolute atomic E-state index is 0.205. The second kappa shape index (κ2) is 10.1. The molecular weight excluding hydrogens is 270 g/mol. The summed E-state index contributed by atoms with van der Waals surface area (Å²) in [5.41, 5.74) is 7.14. The van der Waals surface area contributed by atoms with Gasteiger partial charge in [0.1, 0.15) is 5.75 Å². The number of halogens is 1. The summed E-state index contributed by atoms with van der Waals surface area (Å²) in [6.07, 6.45) is 8.05. The maximum Gasteiger partial charge on any atom is 0.137 e. The Hall–Kier alpha value is -0.730. The second-order valence-corrected chi connectivity index (χ2v) is 5.81. The first-order valence-corrected chi connectivity index (χ1v) is 8.22. The van der Waals surface area contributed by atoms with Crippen LogP contribution in [0.4, 0.5) is 0 Å². The van der Waals surface area contributed by atoms with Crippen molar-refractivity contribution < 1.29 is 4.74 Å². The van der Waals surface area contributed by atoms with Crippen molar-refractivity contribution in [2.75, 3.05) is 6.61 Å². The van der Waals surface area contributed by atoms with Gasteiger partial charge < -0.3 is 10.5 Å². The largest absolute Gasteiger partial charge is 0.492 e. The molecule has 114 valence electrons. The lowest BCUT2D eigenvalue weighted by Crippen LogP contribution is -2.21. The van der Waals surface area contributed by atoms with Crippen molar-refractivity contribution in [2.24, 2.45) is 5.73 Å². The highest BCUT2D eigenvalue weighted by Gasteiger charge is 2.06. The number of nitrogens with two attached hydrogens (primary N) is 1. The fraction of sp³-hybridized carbons (Fsp3) is 0.647. The molecule has 0 saturated heterocycles. The van der Waals surface area contributed by atoms with E-state index in [0.717, 1.165) is 31.6 Å². The molecule has 1 rings (SSSR count). The molecule has 0 amide bonds. The normalized spacial score (nSPS) is 12.4. The summed E-state index contributed by atoms with van der Waals surface area (Å²) >= 11 is 6.25. The number of hydrogen-bond acceptors (Lipinski definition) is 2. The Balaban J connectivity index is 2.36. The van der Waals surface area contributed by atoms with Gasteiger partial charge in [-0.25, -0.2) is 0 Å². The number of unbranched alkanes of at least 4 members (excludes halogenated alkanes) is 4. The lowest BCUT2D eigenvalue weighted by Gasteiger charge is -2.12. The van der Waals surface area contributed by atoms with Crippen LogP contribution in [-0.4, -0.2) is 12.6 Å². The maximum atomic E-state index is 6.25. The third-order valence-corrected chi connectivity index (χ3v) is 3.82. The van der Waals surface area contributed by atoms with E-state index in [-0.39, 0.29) is 6.04 Å². The molecule has 1 atom stereocenters. The van der Waals surface area contributed by atoms with Crippen molar-refractivity contribution >= 4 is 11.6 Å². The molecule has 0 aliphatic rings. The van der Waals surface area contributed by atoms with E-state index in [9.17, 15) is 0 Å². The van der Waals surface area contributed by atoms with E-state index >= 15 is 0 Å². The first-order valence-electron chi connectivity index (χ1n) is 7.84. The predicted octanol–water partition coefficient (Wildman–Crippen LogP) is 4.97. The second-order valence-electron chi connectivity index (χ2n) is 5.40. The molecule has 2 nitrogen and oxygen atoms in total. The Labute approximate surface area is 128 Å². The zero-order valence-corrected chi connectivity index (χ0v) is 13.6. The van der Waals surface area contributed by atoms with E-state index in [4.69, 9.17) is 22.1 Å². The molecule has 1 aromatic carbocycles. The average molecular weight is 298 g/mol.